The number of aromatic nitrogens is 2. The molecule has 0 bridgehead atoms. The lowest BCUT2D eigenvalue weighted by Crippen LogP contribution is -2.09. The second-order valence-corrected chi connectivity index (χ2v) is 6.92. The molecular formula is C21H17ClN2O2. The summed E-state index contributed by atoms with van der Waals surface area (Å²) < 4.78 is 1.86. The molecule has 0 saturated carbocycles. The van der Waals surface area contributed by atoms with Crippen molar-refractivity contribution < 1.29 is 9.90 Å². The number of rotatable bonds is 3. The van der Waals surface area contributed by atoms with Gasteiger partial charge < -0.3 is 9.67 Å². The molecule has 0 unspecified atom stereocenters. The van der Waals surface area contributed by atoms with Gasteiger partial charge >= 0.3 is 5.97 Å². The summed E-state index contributed by atoms with van der Waals surface area (Å²) in [5.74, 6) is -0.858. The van der Waals surface area contributed by atoms with Crippen molar-refractivity contribution in [3.05, 3.63) is 64.9 Å². The van der Waals surface area contributed by atoms with Crippen molar-refractivity contribution >= 4 is 39.4 Å². The minimum atomic E-state index is -0.858. The fourth-order valence-corrected chi connectivity index (χ4v) is 3.78. The van der Waals surface area contributed by atoms with Crippen molar-refractivity contribution in [2.24, 2.45) is 0 Å². The summed E-state index contributed by atoms with van der Waals surface area (Å²) in [6.07, 6.45) is 1.77. The van der Waals surface area contributed by atoms with Crippen molar-refractivity contribution in [3.8, 4) is 11.1 Å². The van der Waals surface area contributed by atoms with Crippen molar-refractivity contribution in [2.45, 2.75) is 20.4 Å². The average molecular weight is 365 g/mol. The van der Waals surface area contributed by atoms with Crippen molar-refractivity contribution in [1.82, 2.24) is 9.55 Å². The fraction of sp³-hybridized carbons (Fsp3) is 0.143. The molecule has 0 aliphatic rings. The van der Waals surface area contributed by atoms with E-state index in [2.05, 4.69) is 11.1 Å². The zero-order valence-corrected chi connectivity index (χ0v) is 15.2. The van der Waals surface area contributed by atoms with E-state index < -0.39 is 5.97 Å². The largest absolute Gasteiger partial charge is 0.480 e. The second-order valence-electron chi connectivity index (χ2n) is 6.48. The summed E-state index contributed by atoms with van der Waals surface area (Å²) in [4.78, 5) is 15.8. The number of benzene rings is 2. The lowest BCUT2D eigenvalue weighted by Gasteiger charge is -2.08. The minimum absolute atomic E-state index is 0.0692. The highest BCUT2D eigenvalue weighted by Crippen LogP contribution is 2.38. The van der Waals surface area contributed by atoms with E-state index in [1.807, 2.05) is 54.8 Å². The molecular weight excluding hydrogens is 348 g/mol. The van der Waals surface area contributed by atoms with Gasteiger partial charge in [0.2, 0.25) is 0 Å². The molecule has 1 N–H and O–H groups in total. The normalized spacial score (nSPS) is 11.3. The van der Waals surface area contributed by atoms with Crippen LogP contribution in [-0.2, 0) is 11.3 Å². The molecule has 0 amide bonds. The van der Waals surface area contributed by atoms with E-state index in [1.165, 1.54) is 0 Å². The number of fused-ring (bicyclic) bond motifs is 2. The number of pyridine rings is 1. The zero-order valence-electron chi connectivity index (χ0n) is 14.5. The predicted octanol–water partition coefficient (Wildman–Crippen LogP) is 5.21. The summed E-state index contributed by atoms with van der Waals surface area (Å²) >= 11 is 6.12. The van der Waals surface area contributed by atoms with Gasteiger partial charge in [0, 0.05) is 38.8 Å². The maximum absolute atomic E-state index is 11.4. The number of aliphatic carboxylic acids is 1. The number of hydrogen-bond acceptors (Lipinski definition) is 2. The number of aryl methyl sites for hydroxylation is 1. The number of carboxylic acids is 1. The van der Waals surface area contributed by atoms with Gasteiger partial charge in [-0.1, -0.05) is 29.3 Å². The standard InChI is InChI=1S/C21H17ClN2O2/c1-12-3-6-19-17(9-12)21(13(2)24(19)11-20(25)26)16-7-8-23-18-10-14(22)4-5-15(16)18/h3-10H,11H2,1-2H3,(H,25,26). The second kappa shape index (κ2) is 6.15. The first-order valence-electron chi connectivity index (χ1n) is 8.31. The first-order chi connectivity index (χ1) is 12.5. The van der Waals surface area contributed by atoms with Gasteiger partial charge in [-0.05, 0) is 49.7 Å². The summed E-state index contributed by atoms with van der Waals surface area (Å²) in [6, 6.07) is 13.8. The molecule has 130 valence electrons. The van der Waals surface area contributed by atoms with E-state index in [0.29, 0.717) is 5.02 Å². The molecule has 2 aromatic heterocycles. The molecule has 2 heterocycles. The molecule has 4 aromatic rings. The third-order valence-electron chi connectivity index (χ3n) is 4.75. The Labute approximate surface area is 155 Å². The van der Waals surface area contributed by atoms with Crippen LogP contribution in [0.15, 0.2) is 48.7 Å². The van der Waals surface area contributed by atoms with Crippen molar-refractivity contribution in [3.63, 3.8) is 0 Å². The average Bonchev–Trinajstić information content (AvgIpc) is 2.85. The molecule has 0 radical (unpaired) electrons. The predicted molar refractivity (Wildman–Crippen MR) is 105 cm³/mol. The Kier molecular flexibility index (Phi) is 3.93. The van der Waals surface area contributed by atoms with Crippen LogP contribution in [0.4, 0.5) is 0 Å². The molecule has 0 saturated heterocycles. The molecule has 26 heavy (non-hydrogen) atoms. The number of carbonyl (C=O) groups is 1. The Morgan fingerprint density at radius 1 is 1.12 bits per heavy atom. The summed E-state index contributed by atoms with van der Waals surface area (Å²) in [5, 5.41) is 12.0. The summed E-state index contributed by atoms with van der Waals surface area (Å²) in [7, 11) is 0. The highest BCUT2D eigenvalue weighted by atomic mass is 35.5. The molecule has 4 nitrogen and oxygen atoms in total. The number of hydrogen-bond donors (Lipinski definition) is 1. The van der Waals surface area contributed by atoms with Gasteiger partial charge in [0.15, 0.2) is 0 Å². The van der Waals surface area contributed by atoms with Gasteiger partial charge in [-0.2, -0.15) is 0 Å². The van der Waals surface area contributed by atoms with Crippen molar-refractivity contribution in [2.75, 3.05) is 0 Å². The lowest BCUT2D eigenvalue weighted by atomic mass is 9.98. The summed E-state index contributed by atoms with van der Waals surface area (Å²) in [5.41, 5.74) is 5.87. The number of nitrogens with zero attached hydrogens (tertiary/aromatic N) is 2. The number of carboxylic acid groups (broad SMARTS) is 1. The van der Waals surface area contributed by atoms with Gasteiger partial charge in [-0.15, -0.1) is 0 Å². The zero-order chi connectivity index (χ0) is 18.4. The Bertz CT molecular complexity index is 1180. The monoisotopic (exact) mass is 364 g/mol. The minimum Gasteiger partial charge on any atom is -0.480 e. The van der Waals surface area contributed by atoms with E-state index >= 15 is 0 Å². The lowest BCUT2D eigenvalue weighted by molar-refractivity contribution is -0.137. The van der Waals surface area contributed by atoms with Crippen LogP contribution in [0.1, 0.15) is 11.3 Å². The Balaban J connectivity index is 2.11. The molecule has 0 spiro atoms. The molecule has 0 aliphatic carbocycles. The van der Waals surface area contributed by atoms with Crippen LogP contribution in [0.25, 0.3) is 32.9 Å². The van der Waals surface area contributed by atoms with E-state index in [9.17, 15) is 9.90 Å². The van der Waals surface area contributed by atoms with E-state index in [1.54, 1.807) is 6.20 Å². The van der Waals surface area contributed by atoms with Crippen LogP contribution in [0.2, 0.25) is 5.02 Å². The highest BCUT2D eigenvalue weighted by Gasteiger charge is 2.19. The van der Waals surface area contributed by atoms with Crippen LogP contribution >= 0.6 is 11.6 Å². The Hall–Kier alpha value is -2.85. The van der Waals surface area contributed by atoms with Gasteiger partial charge in [0.25, 0.3) is 0 Å². The topological polar surface area (TPSA) is 55.1 Å². The van der Waals surface area contributed by atoms with Gasteiger partial charge in [-0.3, -0.25) is 9.78 Å². The van der Waals surface area contributed by atoms with Crippen LogP contribution in [0.3, 0.4) is 0 Å². The molecule has 0 fully saturated rings. The first-order valence-corrected chi connectivity index (χ1v) is 8.69. The maximum atomic E-state index is 11.4. The Morgan fingerprint density at radius 2 is 1.92 bits per heavy atom. The van der Waals surface area contributed by atoms with E-state index in [-0.39, 0.29) is 6.54 Å². The van der Waals surface area contributed by atoms with Gasteiger partial charge in [0.05, 0.1) is 5.52 Å². The fourth-order valence-electron chi connectivity index (χ4n) is 3.61. The number of halogens is 1. The molecule has 5 heteroatoms. The molecule has 0 atom stereocenters. The van der Waals surface area contributed by atoms with Gasteiger partial charge in [-0.25, -0.2) is 0 Å². The van der Waals surface area contributed by atoms with E-state index in [0.717, 1.165) is 44.2 Å². The van der Waals surface area contributed by atoms with Crippen LogP contribution in [0, 0.1) is 13.8 Å². The summed E-state index contributed by atoms with van der Waals surface area (Å²) in [6.45, 7) is 3.94. The maximum Gasteiger partial charge on any atom is 0.323 e. The highest BCUT2D eigenvalue weighted by molar-refractivity contribution is 6.31. The third kappa shape index (κ3) is 2.63. The van der Waals surface area contributed by atoms with Crippen LogP contribution in [-0.4, -0.2) is 20.6 Å². The first kappa shape index (κ1) is 16.6. The smallest absolute Gasteiger partial charge is 0.323 e. The Morgan fingerprint density at radius 3 is 2.69 bits per heavy atom. The van der Waals surface area contributed by atoms with Gasteiger partial charge in [0.1, 0.15) is 6.54 Å². The third-order valence-corrected chi connectivity index (χ3v) is 4.98. The SMILES string of the molecule is Cc1ccc2c(c1)c(-c1ccnc3cc(Cl)ccc13)c(C)n2CC(=O)O. The van der Waals surface area contributed by atoms with E-state index in [4.69, 9.17) is 11.6 Å². The molecule has 0 aliphatic heterocycles. The van der Waals surface area contributed by atoms with Crippen LogP contribution in [0.5, 0.6) is 0 Å². The van der Waals surface area contributed by atoms with Crippen LogP contribution < -0.4 is 0 Å². The molecule has 2 aromatic carbocycles. The quantitative estimate of drug-likeness (QED) is 0.542. The molecule has 4 rings (SSSR count). The van der Waals surface area contributed by atoms with Crippen molar-refractivity contribution in [1.29, 1.82) is 0 Å².